The van der Waals surface area contributed by atoms with E-state index in [-0.39, 0.29) is 0 Å². The lowest BCUT2D eigenvalue weighted by atomic mass is 9.89. The van der Waals surface area contributed by atoms with Gasteiger partial charge < -0.3 is 10.1 Å². The molecule has 1 aromatic rings. The van der Waals surface area contributed by atoms with Crippen LogP contribution in [0.5, 0.6) is 5.75 Å². The Hall–Kier alpha value is -0.980. The molecule has 0 heterocycles. The van der Waals surface area contributed by atoms with Crippen LogP contribution >= 0.6 is 15.9 Å². The first-order valence-electron chi connectivity index (χ1n) is 7.81. The molecule has 3 rings (SSSR count). The van der Waals surface area contributed by atoms with Crippen LogP contribution in [0.4, 0.5) is 0 Å². The van der Waals surface area contributed by atoms with Gasteiger partial charge in [0.05, 0.1) is 0 Å². The molecule has 2 fully saturated rings. The van der Waals surface area contributed by atoms with E-state index < -0.39 is 0 Å². The van der Waals surface area contributed by atoms with Crippen molar-refractivity contribution < 1.29 is 4.74 Å². The van der Waals surface area contributed by atoms with Crippen LogP contribution in [0, 0.1) is 30.1 Å². The molecule has 2 bridgehead atoms. The molecule has 112 valence electrons. The summed E-state index contributed by atoms with van der Waals surface area (Å²) in [7, 11) is 0. The molecule has 0 aliphatic heterocycles. The zero-order valence-corrected chi connectivity index (χ0v) is 13.9. The first kappa shape index (κ1) is 14.9. The molecule has 2 saturated carbocycles. The number of halogens is 1. The third kappa shape index (κ3) is 3.62. The Kier molecular flexibility index (Phi) is 4.87. The molecule has 2 aliphatic rings. The second-order valence-electron chi connectivity index (χ2n) is 6.31. The van der Waals surface area contributed by atoms with Gasteiger partial charge in [-0.25, -0.2) is 0 Å². The predicted molar refractivity (Wildman–Crippen MR) is 89.1 cm³/mol. The topological polar surface area (TPSA) is 21.3 Å². The molecule has 1 aromatic carbocycles. The van der Waals surface area contributed by atoms with Gasteiger partial charge in [0.15, 0.2) is 0 Å². The Labute approximate surface area is 135 Å². The Bertz CT molecular complexity index is 537. The number of hydrogen-bond donors (Lipinski definition) is 1. The van der Waals surface area contributed by atoms with Gasteiger partial charge in [-0.2, -0.15) is 0 Å². The Morgan fingerprint density at radius 2 is 2.24 bits per heavy atom. The summed E-state index contributed by atoms with van der Waals surface area (Å²) in [5, 5.41) is 3.62. The van der Waals surface area contributed by atoms with E-state index in [1.165, 1.54) is 31.2 Å². The quantitative estimate of drug-likeness (QED) is 0.785. The highest BCUT2D eigenvalue weighted by Crippen LogP contribution is 2.47. The molecule has 2 aliphatic carbocycles. The van der Waals surface area contributed by atoms with Crippen LogP contribution in [-0.4, -0.2) is 13.2 Å². The minimum atomic E-state index is 0.320. The van der Waals surface area contributed by atoms with Gasteiger partial charge in [0, 0.05) is 16.6 Å². The maximum atomic E-state index is 5.62. The van der Waals surface area contributed by atoms with Crippen LogP contribution in [0.15, 0.2) is 22.7 Å². The lowest BCUT2D eigenvalue weighted by Gasteiger charge is -2.22. The second kappa shape index (κ2) is 6.85. The van der Waals surface area contributed by atoms with Crippen LogP contribution in [0.3, 0.4) is 0 Å². The maximum absolute atomic E-state index is 5.62. The standard InChI is InChI=1S/C18H22BrNO/c1-2-7-21-18-6-5-17(19)10-16(18)12-20-11-15-9-13-3-4-14(15)8-13/h1,5-6,10,13-15,20H,3-4,7-9,11-12H2. The number of ether oxygens (including phenoxy) is 1. The van der Waals surface area contributed by atoms with Crippen LogP contribution in [0.25, 0.3) is 0 Å². The predicted octanol–water partition coefficient (Wildman–Crippen LogP) is 3.99. The highest BCUT2D eigenvalue weighted by Gasteiger charge is 2.38. The molecular formula is C18H22BrNO. The van der Waals surface area contributed by atoms with Crippen molar-refractivity contribution in [1.29, 1.82) is 0 Å². The molecule has 3 heteroatoms. The fourth-order valence-corrected chi connectivity index (χ4v) is 4.37. The molecule has 0 saturated heterocycles. The van der Waals surface area contributed by atoms with E-state index in [1.807, 2.05) is 12.1 Å². The van der Waals surface area contributed by atoms with Gasteiger partial charge in [-0.3, -0.25) is 0 Å². The second-order valence-corrected chi connectivity index (χ2v) is 7.23. The van der Waals surface area contributed by atoms with E-state index in [0.717, 1.165) is 41.1 Å². The maximum Gasteiger partial charge on any atom is 0.148 e. The summed E-state index contributed by atoms with van der Waals surface area (Å²) >= 11 is 3.53. The van der Waals surface area contributed by atoms with E-state index in [0.29, 0.717) is 6.61 Å². The Balaban J connectivity index is 1.54. The summed E-state index contributed by atoms with van der Waals surface area (Å²) in [6, 6.07) is 6.08. The number of fused-ring (bicyclic) bond motifs is 2. The van der Waals surface area contributed by atoms with Crippen molar-refractivity contribution in [3.63, 3.8) is 0 Å². The van der Waals surface area contributed by atoms with Crippen molar-refractivity contribution in [2.24, 2.45) is 17.8 Å². The zero-order valence-electron chi connectivity index (χ0n) is 12.3. The van der Waals surface area contributed by atoms with E-state index >= 15 is 0 Å². The molecule has 21 heavy (non-hydrogen) atoms. The molecular weight excluding hydrogens is 326 g/mol. The Morgan fingerprint density at radius 1 is 1.33 bits per heavy atom. The van der Waals surface area contributed by atoms with E-state index in [2.05, 4.69) is 33.2 Å². The van der Waals surface area contributed by atoms with Gasteiger partial charge in [-0.1, -0.05) is 28.3 Å². The number of hydrogen-bond acceptors (Lipinski definition) is 2. The number of benzene rings is 1. The van der Waals surface area contributed by atoms with Gasteiger partial charge in [-0.15, -0.1) is 6.42 Å². The van der Waals surface area contributed by atoms with Crippen LogP contribution in [0.2, 0.25) is 0 Å². The summed E-state index contributed by atoms with van der Waals surface area (Å²) in [5.41, 5.74) is 1.17. The molecule has 2 nitrogen and oxygen atoms in total. The average molecular weight is 348 g/mol. The first-order valence-corrected chi connectivity index (χ1v) is 8.61. The van der Waals surface area contributed by atoms with E-state index in [4.69, 9.17) is 11.2 Å². The monoisotopic (exact) mass is 347 g/mol. The minimum Gasteiger partial charge on any atom is -0.481 e. The van der Waals surface area contributed by atoms with Gasteiger partial charge in [0.1, 0.15) is 12.4 Å². The third-order valence-corrected chi connectivity index (χ3v) is 5.43. The lowest BCUT2D eigenvalue weighted by Crippen LogP contribution is -2.26. The minimum absolute atomic E-state index is 0.320. The summed E-state index contributed by atoms with van der Waals surface area (Å²) in [6.45, 7) is 2.29. The van der Waals surface area contributed by atoms with Gasteiger partial charge in [0.25, 0.3) is 0 Å². The third-order valence-electron chi connectivity index (χ3n) is 4.94. The molecule has 0 radical (unpaired) electrons. The number of terminal acetylenes is 1. The fraction of sp³-hybridized carbons (Fsp3) is 0.556. The van der Waals surface area contributed by atoms with E-state index in [9.17, 15) is 0 Å². The summed E-state index contributed by atoms with van der Waals surface area (Å²) in [5.74, 6) is 6.28. The molecule has 0 amide bonds. The normalized spacial score (nSPS) is 26.8. The average Bonchev–Trinajstić information content (AvgIpc) is 3.09. The highest BCUT2D eigenvalue weighted by molar-refractivity contribution is 9.10. The van der Waals surface area contributed by atoms with Gasteiger partial charge >= 0.3 is 0 Å². The van der Waals surface area contributed by atoms with Crippen molar-refractivity contribution in [3.05, 3.63) is 28.2 Å². The molecule has 3 atom stereocenters. The number of nitrogens with one attached hydrogen (secondary N) is 1. The van der Waals surface area contributed by atoms with Crippen LogP contribution in [0.1, 0.15) is 31.2 Å². The molecule has 0 aromatic heterocycles. The van der Waals surface area contributed by atoms with Crippen molar-refractivity contribution >= 4 is 15.9 Å². The lowest BCUT2D eigenvalue weighted by molar-refractivity contribution is 0.316. The van der Waals surface area contributed by atoms with Gasteiger partial charge in [0.2, 0.25) is 0 Å². The highest BCUT2D eigenvalue weighted by atomic mass is 79.9. The van der Waals surface area contributed by atoms with Gasteiger partial charge in [-0.05, 0) is 61.8 Å². The smallest absolute Gasteiger partial charge is 0.148 e. The largest absolute Gasteiger partial charge is 0.481 e. The zero-order chi connectivity index (χ0) is 14.7. The van der Waals surface area contributed by atoms with Crippen molar-refractivity contribution in [2.45, 2.75) is 32.2 Å². The SMILES string of the molecule is C#CCOc1ccc(Br)cc1CNCC1CC2CCC1C2. The summed E-state index contributed by atoms with van der Waals surface area (Å²) in [6.07, 6.45) is 11.1. The first-order chi connectivity index (χ1) is 10.3. The van der Waals surface area contributed by atoms with E-state index in [1.54, 1.807) is 0 Å². The number of rotatable bonds is 6. The fourth-order valence-electron chi connectivity index (χ4n) is 3.97. The Morgan fingerprint density at radius 3 is 2.95 bits per heavy atom. The van der Waals surface area contributed by atoms with Crippen LogP contribution < -0.4 is 10.1 Å². The van der Waals surface area contributed by atoms with Crippen molar-refractivity contribution in [1.82, 2.24) is 5.32 Å². The van der Waals surface area contributed by atoms with Crippen LogP contribution in [-0.2, 0) is 6.54 Å². The van der Waals surface area contributed by atoms with Crippen molar-refractivity contribution in [2.75, 3.05) is 13.2 Å². The molecule has 0 spiro atoms. The molecule has 3 unspecified atom stereocenters. The summed E-state index contributed by atoms with van der Waals surface area (Å²) in [4.78, 5) is 0. The molecule has 1 N–H and O–H groups in total. The summed E-state index contributed by atoms with van der Waals surface area (Å²) < 4.78 is 6.69. The van der Waals surface area contributed by atoms with Crippen molar-refractivity contribution in [3.8, 4) is 18.1 Å².